The zero-order valence-electron chi connectivity index (χ0n) is 17.6. The Bertz CT molecular complexity index is 968. The van der Waals surface area contributed by atoms with Crippen LogP contribution in [0.2, 0.25) is 0 Å². The summed E-state index contributed by atoms with van der Waals surface area (Å²) >= 11 is 0. The highest BCUT2D eigenvalue weighted by molar-refractivity contribution is 7.88. The molecule has 0 unspecified atom stereocenters. The minimum atomic E-state index is -3.10. The topological polar surface area (TPSA) is 87.0 Å². The highest BCUT2D eigenvalue weighted by Crippen LogP contribution is 2.22. The van der Waals surface area contributed by atoms with Gasteiger partial charge in [-0.1, -0.05) is 42.5 Å². The lowest BCUT2D eigenvalue weighted by Crippen LogP contribution is -2.47. The molecule has 0 saturated carbocycles. The lowest BCUT2D eigenvalue weighted by atomic mass is 10.0. The fourth-order valence-electron chi connectivity index (χ4n) is 3.65. The lowest BCUT2D eigenvalue weighted by molar-refractivity contribution is -0.128. The van der Waals surface area contributed by atoms with E-state index in [-0.39, 0.29) is 12.5 Å². The highest BCUT2D eigenvalue weighted by atomic mass is 32.2. The second kappa shape index (κ2) is 9.70. The Kier molecular flexibility index (Phi) is 7.25. The van der Waals surface area contributed by atoms with Crippen LogP contribution in [0.1, 0.15) is 11.1 Å². The number of hydrogen-bond acceptors (Lipinski definition) is 5. The van der Waals surface area contributed by atoms with E-state index < -0.39 is 10.0 Å². The molecule has 0 atom stereocenters. The summed E-state index contributed by atoms with van der Waals surface area (Å²) in [5, 5.41) is 0. The molecule has 3 rings (SSSR count). The molecule has 1 aliphatic rings. The molecule has 0 aliphatic carbocycles. The predicted octanol–water partition coefficient (Wildman–Crippen LogP) is 1.35. The molecule has 0 aromatic heterocycles. The standard InChI is InChI=1S/C22H30N4O3S/c1-24(22(27)15-23)16-19-4-3-5-21(14-19)20-8-6-18(7-9-20)17-25-10-12-26(13-11-25)30(2,28)29/h3-9,14H,10-13,15-17,23H2,1-2H3. The van der Waals surface area contributed by atoms with Crippen molar-refractivity contribution in [1.82, 2.24) is 14.1 Å². The first-order chi connectivity index (χ1) is 14.3. The number of sulfonamides is 1. The third-order valence-electron chi connectivity index (χ3n) is 5.44. The SMILES string of the molecule is CN(Cc1cccc(-c2ccc(CN3CCN(S(C)(=O)=O)CC3)cc2)c1)C(=O)CN. The average molecular weight is 431 g/mol. The number of amides is 1. The van der Waals surface area contributed by atoms with E-state index in [2.05, 4.69) is 41.3 Å². The van der Waals surface area contributed by atoms with Gasteiger partial charge in [-0.25, -0.2) is 8.42 Å². The maximum absolute atomic E-state index is 11.7. The third kappa shape index (κ3) is 5.89. The summed E-state index contributed by atoms with van der Waals surface area (Å²) in [6.45, 7) is 3.93. The molecule has 1 heterocycles. The van der Waals surface area contributed by atoms with Gasteiger partial charge in [-0.2, -0.15) is 4.31 Å². The summed E-state index contributed by atoms with van der Waals surface area (Å²) in [5.74, 6) is -0.0814. The van der Waals surface area contributed by atoms with E-state index in [4.69, 9.17) is 5.73 Å². The van der Waals surface area contributed by atoms with Crippen LogP contribution >= 0.6 is 0 Å². The fraction of sp³-hybridized carbons (Fsp3) is 0.409. The molecular weight excluding hydrogens is 400 g/mol. The molecule has 1 amide bonds. The first kappa shape index (κ1) is 22.4. The van der Waals surface area contributed by atoms with Crippen molar-refractivity contribution < 1.29 is 13.2 Å². The first-order valence-electron chi connectivity index (χ1n) is 10.1. The van der Waals surface area contributed by atoms with Gasteiger partial charge in [0.2, 0.25) is 15.9 Å². The number of rotatable bonds is 7. The zero-order valence-corrected chi connectivity index (χ0v) is 18.4. The summed E-state index contributed by atoms with van der Waals surface area (Å²) in [4.78, 5) is 15.6. The number of carbonyl (C=O) groups excluding carboxylic acids is 1. The molecule has 162 valence electrons. The maximum atomic E-state index is 11.7. The van der Waals surface area contributed by atoms with Crippen molar-refractivity contribution in [1.29, 1.82) is 0 Å². The van der Waals surface area contributed by atoms with Gasteiger partial charge in [0.05, 0.1) is 12.8 Å². The van der Waals surface area contributed by atoms with Gasteiger partial charge in [-0.3, -0.25) is 9.69 Å². The smallest absolute Gasteiger partial charge is 0.236 e. The Morgan fingerprint density at radius 2 is 1.67 bits per heavy atom. The number of carbonyl (C=O) groups is 1. The van der Waals surface area contributed by atoms with Gasteiger partial charge in [-0.05, 0) is 28.3 Å². The Balaban J connectivity index is 1.61. The van der Waals surface area contributed by atoms with Crippen LogP contribution in [0, 0.1) is 0 Å². The second-order valence-electron chi connectivity index (χ2n) is 7.79. The molecule has 2 aromatic rings. The Morgan fingerprint density at radius 1 is 1.00 bits per heavy atom. The first-order valence-corrected chi connectivity index (χ1v) is 11.9. The minimum absolute atomic E-state index is 0.0148. The predicted molar refractivity (Wildman–Crippen MR) is 119 cm³/mol. The summed E-state index contributed by atoms with van der Waals surface area (Å²) in [6, 6.07) is 16.6. The van der Waals surface area contributed by atoms with Crippen LogP contribution in [0.15, 0.2) is 48.5 Å². The van der Waals surface area contributed by atoms with Gasteiger partial charge < -0.3 is 10.6 Å². The van der Waals surface area contributed by atoms with Crippen LogP contribution in [-0.4, -0.2) is 74.5 Å². The van der Waals surface area contributed by atoms with E-state index in [0.717, 1.165) is 36.3 Å². The molecule has 0 spiro atoms. The number of piperazine rings is 1. The highest BCUT2D eigenvalue weighted by Gasteiger charge is 2.23. The van der Waals surface area contributed by atoms with Crippen LogP contribution in [0.4, 0.5) is 0 Å². The number of benzene rings is 2. The molecule has 8 heteroatoms. The molecule has 30 heavy (non-hydrogen) atoms. The van der Waals surface area contributed by atoms with Crippen LogP contribution in [0.25, 0.3) is 11.1 Å². The summed E-state index contributed by atoms with van der Waals surface area (Å²) in [5.41, 5.74) is 9.92. The Labute approximate surface area is 179 Å². The summed E-state index contributed by atoms with van der Waals surface area (Å²) < 4.78 is 24.8. The maximum Gasteiger partial charge on any atom is 0.236 e. The number of hydrogen-bond donors (Lipinski definition) is 1. The monoisotopic (exact) mass is 430 g/mol. The zero-order chi connectivity index (χ0) is 21.7. The Morgan fingerprint density at radius 3 is 2.27 bits per heavy atom. The summed E-state index contributed by atoms with van der Waals surface area (Å²) in [7, 11) is -1.34. The van der Waals surface area contributed by atoms with Crippen molar-refractivity contribution in [3.8, 4) is 11.1 Å². The molecule has 0 bridgehead atoms. The molecule has 2 aromatic carbocycles. The molecule has 1 aliphatic heterocycles. The average Bonchev–Trinajstić information content (AvgIpc) is 2.73. The van der Waals surface area contributed by atoms with Gasteiger partial charge in [0.15, 0.2) is 0 Å². The molecular formula is C22H30N4O3S. The number of nitrogens with zero attached hydrogens (tertiary/aromatic N) is 3. The van der Waals surface area contributed by atoms with Gasteiger partial charge in [0, 0.05) is 46.3 Å². The third-order valence-corrected chi connectivity index (χ3v) is 6.74. The van der Waals surface area contributed by atoms with Crippen LogP contribution in [-0.2, 0) is 27.9 Å². The van der Waals surface area contributed by atoms with E-state index in [1.807, 2.05) is 12.1 Å². The minimum Gasteiger partial charge on any atom is -0.340 e. The molecule has 0 radical (unpaired) electrons. The van der Waals surface area contributed by atoms with Crippen molar-refractivity contribution in [3.05, 3.63) is 59.7 Å². The number of nitrogens with two attached hydrogens (primary N) is 1. The van der Waals surface area contributed by atoms with Gasteiger partial charge in [-0.15, -0.1) is 0 Å². The van der Waals surface area contributed by atoms with Gasteiger partial charge in [0.1, 0.15) is 0 Å². The largest absolute Gasteiger partial charge is 0.340 e. The molecule has 7 nitrogen and oxygen atoms in total. The fourth-order valence-corrected chi connectivity index (χ4v) is 4.47. The molecule has 1 fully saturated rings. The Hall–Kier alpha value is -2.26. The van der Waals surface area contributed by atoms with Gasteiger partial charge >= 0.3 is 0 Å². The van der Waals surface area contributed by atoms with E-state index in [1.54, 1.807) is 11.9 Å². The molecule has 2 N–H and O–H groups in total. The van der Waals surface area contributed by atoms with Crippen molar-refractivity contribution in [2.75, 3.05) is 46.0 Å². The van der Waals surface area contributed by atoms with E-state index >= 15 is 0 Å². The van der Waals surface area contributed by atoms with Crippen molar-refractivity contribution in [2.24, 2.45) is 5.73 Å². The van der Waals surface area contributed by atoms with Crippen molar-refractivity contribution in [3.63, 3.8) is 0 Å². The quantitative estimate of drug-likeness (QED) is 0.717. The molecule has 1 saturated heterocycles. The van der Waals surface area contributed by atoms with Crippen molar-refractivity contribution >= 4 is 15.9 Å². The number of likely N-dealkylation sites (N-methyl/N-ethyl adjacent to an activating group) is 1. The normalized spacial score (nSPS) is 15.8. The second-order valence-corrected chi connectivity index (χ2v) is 9.77. The van der Waals surface area contributed by atoms with Crippen molar-refractivity contribution in [2.45, 2.75) is 13.1 Å². The van der Waals surface area contributed by atoms with E-state index in [0.29, 0.717) is 19.6 Å². The van der Waals surface area contributed by atoms with Crippen LogP contribution < -0.4 is 5.73 Å². The lowest BCUT2D eigenvalue weighted by Gasteiger charge is -2.33. The van der Waals surface area contributed by atoms with Crippen LogP contribution in [0.5, 0.6) is 0 Å². The van der Waals surface area contributed by atoms with Gasteiger partial charge in [0.25, 0.3) is 0 Å². The summed E-state index contributed by atoms with van der Waals surface area (Å²) in [6.07, 6.45) is 1.27. The van der Waals surface area contributed by atoms with Crippen LogP contribution in [0.3, 0.4) is 0 Å². The van der Waals surface area contributed by atoms with E-state index in [1.165, 1.54) is 16.1 Å². The van der Waals surface area contributed by atoms with E-state index in [9.17, 15) is 13.2 Å².